The highest BCUT2D eigenvalue weighted by atomic mass is 32.2. The lowest BCUT2D eigenvalue weighted by molar-refractivity contribution is 0.0997. The fourth-order valence-corrected chi connectivity index (χ4v) is 6.62. The van der Waals surface area contributed by atoms with Crippen molar-refractivity contribution in [3.05, 3.63) is 52.8 Å². The summed E-state index contributed by atoms with van der Waals surface area (Å²) >= 11 is 1.10. The van der Waals surface area contributed by atoms with Crippen molar-refractivity contribution in [2.45, 2.75) is 29.2 Å². The molecule has 37 heavy (non-hydrogen) atoms. The van der Waals surface area contributed by atoms with Crippen LogP contribution in [-0.2, 0) is 26.4 Å². The van der Waals surface area contributed by atoms with Crippen LogP contribution in [0.4, 0.5) is 0 Å². The van der Waals surface area contributed by atoms with Gasteiger partial charge in [0.05, 0.1) is 38.7 Å². The summed E-state index contributed by atoms with van der Waals surface area (Å²) in [6.07, 6.45) is 6.52. The third kappa shape index (κ3) is 6.31. The fraction of sp³-hybridized carbons (Fsp3) is 0.250. The topological polar surface area (TPSA) is 153 Å². The number of fused-ring (bicyclic) bond motifs is 1. The number of carbonyl (C=O) groups excluding carboxylic acids is 1. The highest BCUT2D eigenvalue weighted by Gasteiger charge is 2.24. The van der Waals surface area contributed by atoms with Crippen molar-refractivity contribution < 1.29 is 21.6 Å². The van der Waals surface area contributed by atoms with Gasteiger partial charge in [-0.3, -0.25) is 4.79 Å². The van der Waals surface area contributed by atoms with Crippen LogP contribution >= 0.6 is 11.3 Å². The SMILES string of the molecule is C#CCn1c(=NC(=O)c2ccc(S(=O)(=O)N(CCC#N)CCC#N)cc2)sc2cc(S(C)(=O)=O)ccc21. The Morgan fingerprint density at radius 2 is 1.62 bits per heavy atom. The van der Waals surface area contributed by atoms with Gasteiger partial charge in [0.15, 0.2) is 14.6 Å². The number of benzene rings is 2. The minimum atomic E-state index is -3.98. The lowest BCUT2D eigenvalue weighted by Crippen LogP contribution is -2.32. The van der Waals surface area contributed by atoms with Gasteiger partial charge in [-0.15, -0.1) is 6.42 Å². The first-order valence-electron chi connectivity index (χ1n) is 10.7. The molecule has 0 N–H and O–H groups in total. The van der Waals surface area contributed by atoms with E-state index >= 15 is 0 Å². The zero-order valence-corrected chi connectivity index (χ0v) is 22.1. The van der Waals surface area contributed by atoms with Crippen LogP contribution in [0.1, 0.15) is 23.2 Å². The van der Waals surface area contributed by atoms with Crippen molar-refractivity contribution >= 4 is 47.3 Å². The lowest BCUT2D eigenvalue weighted by Gasteiger charge is -2.20. The van der Waals surface area contributed by atoms with Gasteiger partial charge in [0, 0.05) is 37.8 Å². The van der Waals surface area contributed by atoms with Crippen molar-refractivity contribution in [1.82, 2.24) is 8.87 Å². The molecule has 0 unspecified atom stereocenters. The fourth-order valence-electron chi connectivity index (χ4n) is 3.39. The molecule has 0 aliphatic carbocycles. The molecule has 13 heteroatoms. The third-order valence-corrected chi connectivity index (χ3v) is 9.28. The largest absolute Gasteiger partial charge is 0.305 e. The molecule has 0 radical (unpaired) electrons. The average Bonchev–Trinajstić information content (AvgIpc) is 3.19. The van der Waals surface area contributed by atoms with Gasteiger partial charge in [0.1, 0.15) is 0 Å². The number of hydrogen-bond acceptors (Lipinski definition) is 8. The van der Waals surface area contributed by atoms with Gasteiger partial charge in [0.25, 0.3) is 5.91 Å². The monoisotopic (exact) mass is 555 g/mol. The maximum absolute atomic E-state index is 13.0. The molecule has 1 amide bonds. The Hall–Kier alpha value is -3.80. The molecule has 3 rings (SSSR count). The minimum Gasteiger partial charge on any atom is -0.305 e. The molecule has 0 spiro atoms. The Bertz CT molecular complexity index is 1730. The van der Waals surface area contributed by atoms with Crippen LogP contribution in [0.2, 0.25) is 0 Å². The number of nitriles is 2. The number of hydrogen-bond donors (Lipinski definition) is 0. The number of amides is 1. The molecule has 10 nitrogen and oxygen atoms in total. The van der Waals surface area contributed by atoms with Crippen molar-refractivity contribution in [2.75, 3.05) is 19.3 Å². The van der Waals surface area contributed by atoms with Gasteiger partial charge in [-0.2, -0.15) is 19.8 Å². The second kappa shape index (κ2) is 11.5. The number of aromatic nitrogens is 1. The van der Waals surface area contributed by atoms with Crippen LogP contribution < -0.4 is 4.80 Å². The predicted molar refractivity (Wildman–Crippen MR) is 137 cm³/mol. The number of carbonyl (C=O) groups is 1. The van der Waals surface area contributed by atoms with Gasteiger partial charge >= 0.3 is 0 Å². The number of rotatable bonds is 9. The summed E-state index contributed by atoms with van der Waals surface area (Å²) in [6.45, 7) is -0.0138. The van der Waals surface area contributed by atoms with Crippen LogP contribution in [0, 0.1) is 35.0 Å². The van der Waals surface area contributed by atoms with Crippen molar-refractivity contribution in [3.63, 3.8) is 0 Å². The van der Waals surface area contributed by atoms with Crippen molar-refractivity contribution in [3.8, 4) is 24.5 Å². The van der Waals surface area contributed by atoms with E-state index in [0.29, 0.717) is 10.2 Å². The maximum atomic E-state index is 13.0. The van der Waals surface area contributed by atoms with E-state index in [-0.39, 0.29) is 52.6 Å². The first-order valence-corrected chi connectivity index (χ1v) is 14.9. The van der Waals surface area contributed by atoms with Gasteiger partial charge < -0.3 is 4.57 Å². The van der Waals surface area contributed by atoms with E-state index < -0.39 is 25.8 Å². The van der Waals surface area contributed by atoms with Gasteiger partial charge in [0.2, 0.25) is 10.0 Å². The summed E-state index contributed by atoms with van der Waals surface area (Å²) in [5, 5.41) is 17.6. The Labute approximate surface area is 218 Å². The summed E-state index contributed by atoms with van der Waals surface area (Å²) in [7, 11) is -7.41. The van der Waals surface area contributed by atoms with Gasteiger partial charge in [-0.25, -0.2) is 16.8 Å². The summed E-state index contributed by atoms with van der Waals surface area (Å²) in [5.74, 6) is 1.85. The molecule has 0 aliphatic heterocycles. The van der Waals surface area contributed by atoms with Crippen LogP contribution in [0.25, 0.3) is 10.2 Å². The number of nitrogens with zero attached hydrogens (tertiary/aromatic N) is 5. The molecule has 1 aromatic heterocycles. The molecule has 0 saturated heterocycles. The third-order valence-electron chi connectivity index (χ3n) is 5.21. The predicted octanol–water partition coefficient (Wildman–Crippen LogP) is 2.30. The second-order valence-corrected chi connectivity index (χ2v) is 12.7. The van der Waals surface area contributed by atoms with Gasteiger partial charge in [-0.1, -0.05) is 17.3 Å². The zero-order chi connectivity index (χ0) is 27.2. The first kappa shape index (κ1) is 27.8. The van der Waals surface area contributed by atoms with E-state index in [1.54, 1.807) is 10.6 Å². The Kier molecular flexibility index (Phi) is 8.64. The number of sulfone groups is 1. The highest BCUT2D eigenvalue weighted by Crippen LogP contribution is 2.22. The molecule has 0 aliphatic rings. The quantitative estimate of drug-likeness (QED) is 0.367. The number of terminal acetylenes is 1. The minimum absolute atomic E-state index is 0.0292. The van der Waals surface area contributed by atoms with Crippen LogP contribution in [0.3, 0.4) is 0 Å². The van der Waals surface area contributed by atoms with Gasteiger partial charge in [-0.05, 0) is 42.5 Å². The second-order valence-electron chi connectivity index (χ2n) is 7.74. The smallest absolute Gasteiger partial charge is 0.279 e. The molecule has 0 atom stereocenters. The average molecular weight is 556 g/mol. The molecule has 3 aromatic rings. The molecular weight excluding hydrogens is 534 g/mol. The number of sulfonamides is 1. The first-order chi connectivity index (χ1) is 17.5. The summed E-state index contributed by atoms with van der Waals surface area (Å²) in [4.78, 5) is 17.4. The van der Waals surface area contributed by atoms with E-state index in [4.69, 9.17) is 16.9 Å². The molecule has 190 valence electrons. The van der Waals surface area contributed by atoms with Crippen LogP contribution in [0.5, 0.6) is 0 Å². The Morgan fingerprint density at radius 1 is 1.03 bits per heavy atom. The Morgan fingerprint density at radius 3 is 2.16 bits per heavy atom. The maximum Gasteiger partial charge on any atom is 0.279 e. The van der Waals surface area contributed by atoms with E-state index in [2.05, 4.69) is 10.9 Å². The highest BCUT2D eigenvalue weighted by molar-refractivity contribution is 7.90. The molecule has 0 saturated carbocycles. The van der Waals surface area contributed by atoms with Crippen molar-refractivity contribution in [2.24, 2.45) is 4.99 Å². The van der Waals surface area contributed by atoms with E-state index in [1.807, 2.05) is 12.1 Å². The number of thiazole rings is 1. The van der Waals surface area contributed by atoms with Crippen LogP contribution in [0.15, 0.2) is 57.2 Å². The normalized spacial score (nSPS) is 12.2. The standard InChI is InChI=1S/C24H21N5O5S3/c1-3-14-29-21-11-10-20(36(2,31)32)17-22(21)35-24(29)27-23(30)18-6-8-19(9-7-18)37(33,34)28(15-4-12-25)16-5-13-26/h1,6-11,17H,4-5,14-16H2,2H3. The van der Waals surface area contributed by atoms with E-state index in [9.17, 15) is 21.6 Å². The summed E-state index contributed by atoms with van der Waals surface area (Å²) < 4.78 is 53.0. The van der Waals surface area contributed by atoms with Crippen LogP contribution in [-0.4, -0.2) is 51.0 Å². The molecular formula is C24H21N5O5S3. The van der Waals surface area contributed by atoms with Crippen molar-refractivity contribution in [1.29, 1.82) is 10.5 Å². The lowest BCUT2D eigenvalue weighted by atomic mass is 10.2. The zero-order valence-electron chi connectivity index (χ0n) is 19.7. The van der Waals surface area contributed by atoms with E-state index in [0.717, 1.165) is 21.9 Å². The molecule has 2 aromatic carbocycles. The van der Waals surface area contributed by atoms with E-state index in [1.165, 1.54) is 36.4 Å². The Balaban J connectivity index is 1.98. The molecule has 0 fully saturated rings. The molecule has 1 heterocycles. The molecule has 0 bridgehead atoms. The summed E-state index contributed by atoms with van der Waals surface area (Å²) in [5.41, 5.74) is 0.749. The summed E-state index contributed by atoms with van der Waals surface area (Å²) in [6, 6.07) is 13.5.